The first kappa shape index (κ1) is 12.5. The van der Waals surface area contributed by atoms with Crippen LogP contribution in [0.15, 0.2) is 18.2 Å². The smallest absolute Gasteiger partial charge is 0.219 e. The first-order valence-corrected chi connectivity index (χ1v) is 6.92. The Bertz CT molecular complexity index is 500. The summed E-state index contributed by atoms with van der Waals surface area (Å²) >= 11 is 0. The largest absolute Gasteiger partial charge is 0.464 e. The van der Waals surface area contributed by atoms with Crippen molar-refractivity contribution in [1.29, 1.82) is 0 Å². The first-order chi connectivity index (χ1) is 9.19. The summed E-state index contributed by atoms with van der Waals surface area (Å²) in [6.45, 7) is 2.62. The van der Waals surface area contributed by atoms with Crippen LogP contribution in [0.25, 0.3) is 0 Å². The Labute approximate surface area is 112 Å². The summed E-state index contributed by atoms with van der Waals surface area (Å²) in [4.78, 5) is 11.3. The van der Waals surface area contributed by atoms with Crippen LogP contribution in [-0.2, 0) is 11.2 Å². The molecule has 1 amide bonds. The monoisotopic (exact) mass is 261 g/mol. The van der Waals surface area contributed by atoms with Crippen molar-refractivity contribution in [2.75, 3.05) is 6.54 Å². The topological polar surface area (TPSA) is 58.6 Å². The summed E-state index contributed by atoms with van der Waals surface area (Å²) < 4.78 is 5.36. The summed E-state index contributed by atoms with van der Waals surface area (Å²) in [5.74, 6) is 1.96. The third kappa shape index (κ3) is 2.45. The molecule has 102 valence electrons. The minimum Gasteiger partial charge on any atom is -0.464 e. The molecule has 1 aromatic carbocycles. The van der Waals surface area contributed by atoms with Crippen molar-refractivity contribution in [2.45, 2.75) is 38.4 Å². The molecular weight excluding hydrogens is 242 g/mol. The van der Waals surface area contributed by atoms with Gasteiger partial charge in [0.15, 0.2) is 0 Å². The van der Waals surface area contributed by atoms with Gasteiger partial charge in [0.05, 0.1) is 0 Å². The van der Waals surface area contributed by atoms with E-state index in [9.17, 15) is 9.90 Å². The van der Waals surface area contributed by atoms with Gasteiger partial charge in [0, 0.05) is 24.9 Å². The minimum absolute atomic E-state index is 0.114. The zero-order chi connectivity index (χ0) is 13.4. The maximum atomic E-state index is 11.3. The molecule has 4 heteroatoms. The highest BCUT2D eigenvalue weighted by molar-refractivity contribution is 5.75. The number of fused-ring (bicyclic) bond motifs is 1. The van der Waals surface area contributed by atoms with Gasteiger partial charge in [-0.05, 0) is 29.9 Å². The number of benzene rings is 1. The average Bonchev–Trinajstić information content (AvgIpc) is 3.07. The zero-order valence-corrected chi connectivity index (χ0v) is 11.1. The number of carbonyl (C=O) groups excluding carboxylic acids is 1. The van der Waals surface area contributed by atoms with Crippen molar-refractivity contribution in [3.05, 3.63) is 29.3 Å². The lowest BCUT2D eigenvalue weighted by Gasteiger charge is -2.07. The standard InChI is InChI=1S/C15H19NO3/c1-2-14(17)16-8-9-6-11(9)10-4-3-5-13-12(10)7-15(18)19-13/h3-5,9,11,15,18H,2,6-8H2,1H3,(H,16,17)/t9-,11+,15+/m0/s1. The Hall–Kier alpha value is -1.55. The second-order valence-electron chi connectivity index (χ2n) is 5.36. The van der Waals surface area contributed by atoms with Crippen LogP contribution in [-0.4, -0.2) is 23.8 Å². The van der Waals surface area contributed by atoms with Gasteiger partial charge < -0.3 is 15.2 Å². The predicted molar refractivity (Wildman–Crippen MR) is 70.9 cm³/mol. The summed E-state index contributed by atoms with van der Waals surface area (Å²) in [6, 6.07) is 6.00. The Morgan fingerprint density at radius 1 is 1.53 bits per heavy atom. The van der Waals surface area contributed by atoms with Crippen LogP contribution in [0.1, 0.15) is 36.8 Å². The number of ether oxygens (including phenoxy) is 1. The first-order valence-electron chi connectivity index (χ1n) is 6.92. The van der Waals surface area contributed by atoms with Crippen LogP contribution in [0.2, 0.25) is 0 Å². The molecule has 19 heavy (non-hydrogen) atoms. The average molecular weight is 261 g/mol. The van der Waals surface area contributed by atoms with E-state index in [0.717, 1.165) is 24.3 Å². The van der Waals surface area contributed by atoms with Crippen LogP contribution < -0.4 is 10.1 Å². The van der Waals surface area contributed by atoms with Gasteiger partial charge in [-0.15, -0.1) is 0 Å². The normalized spacial score (nSPS) is 27.6. The number of rotatable bonds is 4. The van der Waals surface area contributed by atoms with E-state index in [4.69, 9.17) is 4.74 Å². The van der Waals surface area contributed by atoms with Gasteiger partial charge in [-0.3, -0.25) is 4.79 Å². The maximum Gasteiger partial charge on any atom is 0.219 e. The number of hydrogen-bond acceptors (Lipinski definition) is 3. The Morgan fingerprint density at radius 2 is 2.37 bits per heavy atom. The lowest BCUT2D eigenvalue weighted by molar-refractivity contribution is -0.120. The predicted octanol–water partition coefficient (Wildman–Crippen LogP) is 1.57. The van der Waals surface area contributed by atoms with Gasteiger partial charge in [0.2, 0.25) is 12.2 Å². The van der Waals surface area contributed by atoms with E-state index in [1.54, 1.807) is 0 Å². The fraction of sp³-hybridized carbons (Fsp3) is 0.533. The molecule has 1 fully saturated rings. The lowest BCUT2D eigenvalue weighted by Crippen LogP contribution is -2.24. The van der Waals surface area contributed by atoms with Crippen LogP contribution in [0, 0.1) is 5.92 Å². The third-order valence-electron chi connectivity index (χ3n) is 4.02. The van der Waals surface area contributed by atoms with Gasteiger partial charge in [-0.25, -0.2) is 0 Å². The molecule has 0 aromatic heterocycles. The fourth-order valence-electron chi connectivity index (χ4n) is 2.85. The van der Waals surface area contributed by atoms with Crippen LogP contribution in [0.3, 0.4) is 0 Å². The van der Waals surface area contributed by atoms with E-state index < -0.39 is 6.29 Å². The molecule has 0 bridgehead atoms. The number of hydrogen-bond donors (Lipinski definition) is 2. The molecule has 1 saturated carbocycles. The van der Waals surface area contributed by atoms with E-state index in [-0.39, 0.29) is 5.91 Å². The van der Waals surface area contributed by atoms with Gasteiger partial charge in [-0.2, -0.15) is 0 Å². The summed E-state index contributed by atoms with van der Waals surface area (Å²) in [7, 11) is 0. The Balaban J connectivity index is 1.66. The van der Waals surface area contributed by atoms with E-state index in [2.05, 4.69) is 11.4 Å². The number of carbonyl (C=O) groups is 1. The number of amides is 1. The van der Waals surface area contributed by atoms with E-state index in [1.165, 1.54) is 5.56 Å². The highest BCUT2D eigenvalue weighted by Gasteiger charge is 2.41. The number of aliphatic hydroxyl groups is 1. The summed E-state index contributed by atoms with van der Waals surface area (Å²) in [5.41, 5.74) is 2.43. The van der Waals surface area contributed by atoms with Crippen molar-refractivity contribution in [2.24, 2.45) is 5.92 Å². The molecule has 0 saturated heterocycles. The SMILES string of the molecule is CCC(=O)NC[C@@H]1C[C@H]1c1cccc2c1C[C@H](O)O2. The maximum absolute atomic E-state index is 11.3. The quantitative estimate of drug-likeness (QED) is 0.865. The van der Waals surface area contributed by atoms with Gasteiger partial charge in [-0.1, -0.05) is 19.1 Å². The highest BCUT2D eigenvalue weighted by Crippen LogP contribution is 2.50. The number of nitrogens with one attached hydrogen (secondary N) is 1. The van der Waals surface area contributed by atoms with Crippen LogP contribution in [0.4, 0.5) is 0 Å². The van der Waals surface area contributed by atoms with Crippen molar-refractivity contribution in [1.82, 2.24) is 5.32 Å². The van der Waals surface area contributed by atoms with Crippen LogP contribution in [0.5, 0.6) is 5.75 Å². The van der Waals surface area contributed by atoms with Gasteiger partial charge in [0.1, 0.15) is 5.75 Å². The molecule has 1 aromatic rings. The molecule has 2 aliphatic rings. The third-order valence-corrected chi connectivity index (χ3v) is 4.02. The Kier molecular flexibility index (Phi) is 3.19. The molecule has 1 aliphatic carbocycles. The summed E-state index contributed by atoms with van der Waals surface area (Å²) in [6.07, 6.45) is 1.53. The fourth-order valence-corrected chi connectivity index (χ4v) is 2.85. The highest BCUT2D eigenvalue weighted by atomic mass is 16.6. The minimum atomic E-state index is -0.701. The number of aliphatic hydroxyl groups excluding tert-OH is 1. The van der Waals surface area contributed by atoms with Gasteiger partial charge in [0.25, 0.3) is 0 Å². The molecule has 1 heterocycles. The van der Waals surface area contributed by atoms with Crippen LogP contribution >= 0.6 is 0 Å². The van der Waals surface area contributed by atoms with Gasteiger partial charge >= 0.3 is 0 Å². The second kappa shape index (κ2) is 4.85. The molecular formula is C15H19NO3. The second-order valence-corrected chi connectivity index (χ2v) is 5.36. The summed E-state index contributed by atoms with van der Waals surface area (Å²) in [5, 5.41) is 12.5. The molecule has 1 aliphatic heterocycles. The molecule has 0 unspecified atom stereocenters. The molecule has 4 nitrogen and oxygen atoms in total. The molecule has 0 spiro atoms. The zero-order valence-electron chi connectivity index (χ0n) is 11.1. The molecule has 0 radical (unpaired) electrons. The lowest BCUT2D eigenvalue weighted by atomic mass is 10.00. The van der Waals surface area contributed by atoms with E-state index in [0.29, 0.717) is 24.7 Å². The van der Waals surface area contributed by atoms with Crippen molar-refractivity contribution in [3.63, 3.8) is 0 Å². The Morgan fingerprint density at radius 3 is 3.16 bits per heavy atom. The van der Waals surface area contributed by atoms with Crippen molar-refractivity contribution >= 4 is 5.91 Å². The molecule has 3 atom stereocenters. The van der Waals surface area contributed by atoms with Crippen molar-refractivity contribution < 1.29 is 14.6 Å². The molecule has 2 N–H and O–H groups in total. The van der Waals surface area contributed by atoms with Crippen molar-refractivity contribution in [3.8, 4) is 5.75 Å². The molecule has 3 rings (SSSR count). The van der Waals surface area contributed by atoms with E-state index >= 15 is 0 Å². The van der Waals surface area contributed by atoms with E-state index in [1.807, 2.05) is 19.1 Å².